The second-order valence-corrected chi connectivity index (χ2v) is 6.23. The molecule has 0 spiro atoms. The molecule has 0 heterocycles. The molecule has 0 bridgehead atoms. The third kappa shape index (κ3) is 4.26. The number of aliphatic hydroxyl groups is 2. The van der Waals surface area contributed by atoms with Gasteiger partial charge in [0.15, 0.2) is 0 Å². The Morgan fingerprint density at radius 2 is 1.95 bits per heavy atom. The lowest BCUT2D eigenvalue weighted by atomic mass is 10.0. The third-order valence-electron chi connectivity index (χ3n) is 3.76. The van der Waals surface area contributed by atoms with E-state index in [0.717, 1.165) is 6.42 Å². The monoisotopic (exact) mass is 318 g/mol. The number of hydrogen-bond donors (Lipinski definition) is 2. The molecule has 0 aromatic heterocycles. The van der Waals surface area contributed by atoms with Crippen molar-refractivity contribution in [1.29, 1.82) is 0 Å². The molecule has 20 heavy (non-hydrogen) atoms. The van der Waals surface area contributed by atoms with E-state index in [0.29, 0.717) is 27.3 Å². The zero-order valence-corrected chi connectivity index (χ0v) is 12.8. The van der Waals surface area contributed by atoms with Crippen molar-refractivity contribution < 1.29 is 14.9 Å². The predicted octanol–water partition coefficient (Wildman–Crippen LogP) is 3.81. The van der Waals surface area contributed by atoms with E-state index in [4.69, 9.17) is 27.9 Å². The third-order valence-corrected chi connectivity index (χ3v) is 4.25. The largest absolute Gasteiger partial charge is 0.489 e. The van der Waals surface area contributed by atoms with Crippen molar-refractivity contribution in [3.05, 3.63) is 27.7 Å². The van der Waals surface area contributed by atoms with Crippen LogP contribution in [0.5, 0.6) is 5.75 Å². The van der Waals surface area contributed by atoms with Crippen LogP contribution in [-0.2, 0) is 6.61 Å². The molecule has 1 unspecified atom stereocenters. The van der Waals surface area contributed by atoms with E-state index < -0.39 is 6.10 Å². The maximum atomic E-state index is 10.0. The van der Waals surface area contributed by atoms with E-state index in [2.05, 4.69) is 0 Å². The van der Waals surface area contributed by atoms with Crippen LogP contribution in [0.3, 0.4) is 0 Å². The van der Waals surface area contributed by atoms with Crippen LogP contribution in [0.1, 0.15) is 37.7 Å². The highest BCUT2D eigenvalue weighted by Gasteiger charge is 2.20. The van der Waals surface area contributed by atoms with E-state index in [-0.39, 0.29) is 13.2 Å². The van der Waals surface area contributed by atoms with E-state index in [1.165, 1.54) is 25.7 Å². The second kappa shape index (κ2) is 7.51. The predicted molar refractivity (Wildman–Crippen MR) is 80.5 cm³/mol. The van der Waals surface area contributed by atoms with Gasteiger partial charge < -0.3 is 14.9 Å². The fraction of sp³-hybridized carbons (Fsp3) is 0.600. The molecule has 1 aliphatic rings. The highest BCUT2D eigenvalue weighted by molar-refractivity contribution is 6.35. The lowest BCUT2D eigenvalue weighted by molar-refractivity contribution is 0.0844. The zero-order chi connectivity index (χ0) is 14.5. The standard InChI is InChI=1S/C15H20Cl2O3/c16-12-6-11(8-18)15(14(17)7-12)20-9-13(19)5-10-3-1-2-4-10/h6-7,10,13,18-19H,1-5,8-9H2. The first kappa shape index (κ1) is 15.9. The molecule has 112 valence electrons. The summed E-state index contributed by atoms with van der Waals surface area (Å²) in [5.74, 6) is 1.01. The maximum Gasteiger partial charge on any atom is 0.143 e. The second-order valence-electron chi connectivity index (χ2n) is 5.38. The Hall–Kier alpha value is -0.480. The Morgan fingerprint density at radius 3 is 2.60 bits per heavy atom. The van der Waals surface area contributed by atoms with Gasteiger partial charge in [0, 0.05) is 10.6 Å². The van der Waals surface area contributed by atoms with Gasteiger partial charge in [-0.3, -0.25) is 0 Å². The van der Waals surface area contributed by atoms with Gasteiger partial charge in [0.05, 0.1) is 17.7 Å². The van der Waals surface area contributed by atoms with Crippen LogP contribution < -0.4 is 4.74 Å². The Labute approximate surface area is 129 Å². The molecule has 1 atom stereocenters. The first-order valence-corrected chi connectivity index (χ1v) is 7.75. The fourth-order valence-electron chi connectivity index (χ4n) is 2.77. The summed E-state index contributed by atoms with van der Waals surface area (Å²) in [5.41, 5.74) is 0.538. The van der Waals surface area contributed by atoms with E-state index in [9.17, 15) is 10.2 Å². The van der Waals surface area contributed by atoms with Gasteiger partial charge in [0.2, 0.25) is 0 Å². The minimum atomic E-state index is -0.503. The smallest absolute Gasteiger partial charge is 0.143 e. The minimum Gasteiger partial charge on any atom is -0.489 e. The topological polar surface area (TPSA) is 49.7 Å². The number of aliphatic hydroxyl groups excluding tert-OH is 2. The van der Waals surface area contributed by atoms with Crippen molar-refractivity contribution >= 4 is 23.2 Å². The van der Waals surface area contributed by atoms with Gasteiger partial charge in [0.25, 0.3) is 0 Å². The maximum absolute atomic E-state index is 10.0. The molecule has 0 amide bonds. The van der Waals surface area contributed by atoms with Crippen molar-refractivity contribution in [3.8, 4) is 5.75 Å². The quantitative estimate of drug-likeness (QED) is 0.838. The molecule has 0 aliphatic heterocycles. The lowest BCUT2D eigenvalue weighted by Gasteiger charge is -2.18. The zero-order valence-electron chi connectivity index (χ0n) is 11.3. The summed E-state index contributed by atoms with van der Waals surface area (Å²) >= 11 is 11.9. The van der Waals surface area contributed by atoms with E-state index >= 15 is 0 Å². The van der Waals surface area contributed by atoms with Gasteiger partial charge >= 0.3 is 0 Å². The minimum absolute atomic E-state index is 0.185. The molecule has 0 radical (unpaired) electrons. The van der Waals surface area contributed by atoms with Gasteiger partial charge in [-0.1, -0.05) is 48.9 Å². The van der Waals surface area contributed by atoms with Crippen LogP contribution in [0.4, 0.5) is 0 Å². The highest BCUT2D eigenvalue weighted by Crippen LogP contribution is 2.33. The van der Waals surface area contributed by atoms with Gasteiger partial charge in [-0.2, -0.15) is 0 Å². The Kier molecular flexibility index (Phi) is 5.97. The summed E-state index contributed by atoms with van der Waals surface area (Å²) in [4.78, 5) is 0. The van der Waals surface area contributed by atoms with Crippen molar-refractivity contribution in [2.24, 2.45) is 5.92 Å². The molecule has 5 heteroatoms. The van der Waals surface area contributed by atoms with Gasteiger partial charge in [-0.15, -0.1) is 0 Å². The first-order valence-electron chi connectivity index (χ1n) is 6.99. The molecule has 1 aromatic carbocycles. The summed E-state index contributed by atoms with van der Waals surface area (Å²) in [6.45, 7) is -0.0147. The average molecular weight is 319 g/mol. The molecule has 1 aliphatic carbocycles. The van der Waals surface area contributed by atoms with Gasteiger partial charge in [-0.05, 0) is 24.5 Å². The van der Waals surface area contributed by atoms with Crippen molar-refractivity contribution in [2.45, 2.75) is 44.8 Å². The van der Waals surface area contributed by atoms with Crippen molar-refractivity contribution in [3.63, 3.8) is 0 Å². The summed E-state index contributed by atoms with van der Waals surface area (Å²) in [7, 11) is 0. The number of rotatable bonds is 6. The molecule has 0 saturated heterocycles. The van der Waals surface area contributed by atoms with E-state index in [1.54, 1.807) is 12.1 Å². The van der Waals surface area contributed by atoms with Crippen LogP contribution in [0.15, 0.2) is 12.1 Å². The first-order chi connectivity index (χ1) is 9.60. The Balaban J connectivity index is 1.92. The van der Waals surface area contributed by atoms with Crippen LogP contribution >= 0.6 is 23.2 Å². The van der Waals surface area contributed by atoms with Gasteiger partial charge in [0.1, 0.15) is 12.4 Å². The molecule has 1 saturated carbocycles. The average Bonchev–Trinajstić information content (AvgIpc) is 2.89. The van der Waals surface area contributed by atoms with Crippen LogP contribution in [0.2, 0.25) is 10.0 Å². The number of benzene rings is 1. The van der Waals surface area contributed by atoms with Crippen LogP contribution in [0, 0.1) is 5.92 Å². The summed E-state index contributed by atoms with van der Waals surface area (Å²) in [5, 5.41) is 20.1. The number of halogens is 2. The molecular weight excluding hydrogens is 299 g/mol. The molecule has 2 rings (SSSR count). The molecule has 2 N–H and O–H groups in total. The van der Waals surface area contributed by atoms with Gasteiger partial charge in [-0.25, -0.2) is 0 Å². The SMILES string of the molecule is OCc1cc(Cl)cc(Cl)c1OCC(O)CC1CCCC1. The summed E-state index contributed by atoms with van der Waals surface area (Å²) in [6.07, 6.45) is 5.17. The molecule has 1 aromatic rings. The van der Waals surface area contributed by atoms with E-state index in [1.807, 2.05) is 0 Å². The van der Waals surface area contributed by atoms with Crippen molar-refractivity contribution in [1.82, 2.24) is 0 Å². The summed E-state index contributed by atoms with van der Waals surface area (Å²) < 4.78 is 5.59. The molecule has 3 nitrogen and oxygen atoms in total. The Morgan fingerprint density at radius 1 is 1.25 bits per heavy atom. The Bertz CT molecular complexity index is 445. The number of ether oxygens (including phenoxy) is 1. The molecule has 1 fully saturated rings. The van der Waals surface area contributed by atoms with Crippen LogP contribution in [-0.4, -0.2) is 22.9 Å². The van der Waals surface area contributed by atoms with Crippen molar-refractivity contribution in [2.75, 3.05) is 6.61 Å². The number of hydrogen-bond acceptors (Lipinski definition) is 3. The normalized spacial score (nSPS) is 17.4. The lowest BCUT2D eigenvalue weighted by Crippen LogP contribution is -2.21. The van der Waals surface area contributed by atoms with Crippen LogP contribution in [0.25, 0.3) is 0 Å². The summed E-state index contributed by atoms with van der Waals surface area (Å²) in [6, 6.07) is 3.19. The fourth-order valence-corrected chi connectivity index (χ4v) is 3.36. The highest BCUT2D eigenvalue weighted by atomic mass is 35.5. The molecular formula is C15H20Cl2O3.